The van der Waals surface area contributed by atoms with Gasteiger partial charge in [-0.3, -0.25) is 4.90 Å². The zero-order valence-corrected chi connectivity index (χ0v) is 22.7. The fourth-order valence-corrected chi connectivity index (χ4v) is 5.57. The Kier molecular flexibility index (Phi) is 9.18. The zero-order chi connectivity index (χ0) is 26.3. The van der Waals surface area contributed by atoms with Crippen LogP contribution in [0.3, 0.4) is 0 Å². The molecule has 0 saturated carbocycles. The summed E-state index contributed by atoms with van der Waals surface area (Å²) in [6.45, 7) is 6.38. The minimum atomic E-state index is -0.232. The van der Waals surface area contributed by atoms with E-state index >= 15 is 0 Å². The summed E-state index contributed by atoms with van der Waals surface area (Å²) in [7, 11) is 0. The topological polar surface area (TPSA) is 34.2 Å². The Morgan fingerprint density at radius 2 is 1.79 bits per heavy atom. The molecule has 3 aromatic rings. The van der Waals surface area contributed by atoms with Gasteiger partial charge in [0.25, 0.3) is 0 Å². The van der Waals surface area contributed by atoms with Crippen LogP contribution < -0.4 is 9.64 Å². The second-order valence-electron chi connectivity index (χ2n) is 10.1. The summed E-state index contributed by atoms with van der Waals surface area (Å²) in [5.74, 6) is 0.477. The van der Waals surface area contributed by atoms with Crippen LogP contribution in [0.4, 0.5) is 10.1 Å². The number of anilines is 1. The maximum absolute atomic E-state index is 13.8. The van der Waals surface area contributed by atoms with Gasteiger partial charge in [-0.25, -0.2) is 4.39 Å². The van der Waals surface area contributed by atoms with E-state index in [4.69, 9.17) is 25.8 Å². The van der Waals surface area contributed by atoms with Crippen molar-refractivity contribution < 1.29 is 18.6 Å². The number of benzene rings is 3. The van der Waals surface area contributed by atoms with Crippen molar-refractivity contribution in [3.8, 4) is 5.75 Å². The van der Waals surface area contributed by atoms with E-state index in [-0.39, 0.29) is 18.1 Å². The summed E-state index contributed by atoms with van der Waals surface area (Å²) in [4.78, 5) is 4.83. The first-order valence-electron chi connectivity index (χ1n) is 13.5. The van der Waals surface area contributed by atoms with Gasteiger partial charge in [0.05, 0.1) is 23.4 Å². The minimum absolute atomic E-state index is 0.0312. The van der Waals surface area contributed by atoms with Crippen LogP contribution in [0, 0.1) is 5.82 Å². The zero-order valence-electron chi connectivity index (χ0n) is 21.9. The lowest BCUT2D eigenvalue weighted by atomic mass is 9.98. The molecule has 7 heteroatoms. The molecule has 3 atom stereocenters. The third-order valence-electron chi connectivity index (χ3n) is 7.37. The first-order chi connectivity index (χ1) is 18.6. The first-order valence-corrected chi connectivity index (χ1v) is 13.9. The van der Waals surface area contributed by atoms with Gasteiger partial charge >= 0.3 is 0 Å². The van der Waals surface area contributed by atoms with Crippen molar-refractivity contribution in [1.82, 2.24) is 4.90 Å². The second-order valence-corrected chi connectivity index (χ2v) is 10.5. The molecule has 3 aromatic carbocycles. The average molecular weight is 539 g/mol. The molecule has 0 bridgehead atoms. The fraction of sp³-hybridized carbons (Fsp3) is 0.419. The van der Waals surface area contributed by atoms with Gasteiger partial charge in [0.1, 0.15) is 18.2 Å². The van der Waals surface area contributed by atoms with Crippen LogP contribution in [0.5, 0.6) is 5.75 Å². The number of hydrogen-bond donors (Lipinski definition) is 0. The molecule has 2 aliphatic heterocycles. The van der Waals surface area contributed by atoms with Gasteiger partial charge in [-0.1, -0.05) is 54.1 Å². The van der Waals surface area contributed by atoms with E-state index in [1.165, 1.54) is 17.7 Å². The third kappa shape index (κ3) is 6.86. The van der Waals surface area contributed by atoms with Crippen LogP contribution in [0.2, 0.25) is 5.02 Å². The van der Waals surface area contributed by atoms with Crippen molar-refractivity contribution in [2.45, 2.75) is 51.1 Å². The number of hydrogen-bond acceptors (Lipinski definition) is 5. The molecule has 2 fully saturated rings. The normalized spacial score (nSPS) is 22.4. The fourth-order valence-electron chi connectivity index (χ4n) is 5.29. The maximum Gasteiger partial charge on any atom is 0.157 e. The van der Waals surface area contributed by atoms with Crippen molar-refractivity contribution in [1.29, 1.82) is 0 Å². The lowest BCUT2D eigenvalue weighted by Crippen LogP contribution is -2.53. The van der Waals surface area contributed by atoms with Crippen LogP contribution in [0.15, 0.2) is 72.8 Å². The summed E-state index contributed by atoms with van der Waals surface area (Å²) in [6.07, 6.45) is 3.06. The summed E-state index contributed by atoms with van der Waals surface area (Å²) >= 11 is 6.84. The molecule has 2 saturated heterocycles. The predicted octanol–water partition coefficient (Wildman–Crippen LogP) is 6.85. The summed E-state index contributed by atoms with van der Waals surface area (Å²) in [6, 6.07) is 23.5. The van der Waals surface area contributed by atoms with Crippen LogP contribution in [-0.2, 0) is 16.0 Å². The molecule has 0 amide bonds. The molecule has 2 aliphatic rings. The highest BCUT2D eigenvalue weighted by Crippen LogP contribution is 2.38. The Balaban J connectivity index is 1.29. The van der Waals surface area contributed by atoms with Crippen molar-refractivity contribution in [3.63, 3.8) is 0 Å². The van der Waals surface area contributed by atoms with Crippen molar-refractivity contribution in [2.75, 3.05) is 37.8 Å². The molecule has 38 heavy (non-hydrogen) atoms. The second kappa shape index (κ2) is 12.9. The Labute approximate surface area is 230 Å². The van der Waals surface area contributed by atoms with Gasteiger partial charge in [-0.15, -0.1) is 0 Å². The SMILES string of the molecule is C[C@@H]1CN(c2ccc(OCCOC3CCCCO3)cc2Cl)[C@H](c2ccc(F)cc2)CN1Cc1ccccc1. The Morgan fingerprint density at radius 1 is 0.974 bits per heavy atom. The van der Waals surface area contributed by atoms with Crippen LogP contribution >= 0.6 is 11.6 Å². The van der Waals surface area contributed by atoms with E-state index in [0.29, 0.717) is 30.0 Å². The van der Waals surface area contributed by atoms with Gasteiger partial charge in [0.15, 0.2) is 6.29 Å². The molecule has 0 N–H and O–H groups in total. The van der Waals surface area contributed by atoms with E-state index in [1.807, 2.05) is 36.4 Å². The minimum Gasteiger partial charge on any atom is -0.491 e. The van der Waals surface area contributed by atoms with Crippen LogP contribution in [-0.4, -0.2) is 50.1 Å². The summed E-state index contributed by atoms with van der Waals surface area (Å²) in [5.41, 5.74) is 3.30. The maximum atomic E-state index is 13.8. The summed E-state index contributed by atoms with van der Waals surface area (Å²) in [5, 5.41) is 0.634. The number of ether oxygens (including phenoxy) is 3. The molecular formula is C31H36ClFN2O3. The first kappa shape index (κ1) is 26.9. The molecular weight excluding hydrogens is 503 g/mol. The lowest BCUT2D eigenvalue weighted by molar-refractivity contribution is -0.165. The molecule has 0 radical (unpaired) electrons. The molecule has 5 nitrogen and oxygen atoms in total. The highest BCUT2D eigenvalue weighted by molar-refractivity contribution is 6.33. The highest BCUT2D eigenvalue weighted by atomic mass is 35.5. The van der Waals surface area contributed by atoms with E-state index in [2.05, 4.69) is 41.0 Å². The number of nitrogens with zero attached hydrogens (tertiary/aromatic N) is 2. The van der Waals surface area contributed by atoms with Crippen molar-refractivity contribution in [3.05, 3.63) is 94.8 Å². The number of rotatable bonds is 9. The molecule has 202 valence electrons. The van der Waals surface area contributed by atoms with Gasteiger partial charge < -0.3 is 19.1 Å². The van der Waals surface area contributed by atoms with Gasteiger partial charge in [0, 0.05) is 38.3 Å². The Bertz CT molecular complexity index is 1160. The van der Waals surface area contributed by atoms with Gasteiger partial charge in [-0.2, -0.15) is 0 Å². The molecule has 2 heterocycles. The highest BCUT2D eigenvalue weighted by Gasteiger charge is 2.33. The molecule has 0 aliphatic carbocycles. The largest absolute Gasteiger partial charge is 0.491 e. The standard InChI is InChI=1S/C31H36ClFN2O3/c1-23-20-35(29-15-14-27(19-28(29)32)36-17-18-38-31-9-5-6-16-37-31)30(25-10-12-26(33)13-11-25)22-34(23)21-24-7-3-2-4-8-24/h2-4,7-8,10-15,19,23,30-31H,5-6,9,16-18,20-22H2,1H3/t23-,30+,31?/m1/s1. The number of piperazine rings is 1. The quantitative estimate of drug-likeness (QED) is 0.278. The molecule has 0 aromatic heterocycles. The summed E-state index contributed by atoms with van der Waals surface area (Å²) < 4.78 is 31.1. The molecule has 5 rings (SSSR count). The van der Waals surface area contributed by atoms with E-state index < -0.39 is 0 Å². The van der Waals surface area contributed by atoms with E-state index in [0.717, 1.165) is 56.8 Å². The predicted molar refractivity (Wildman–Crippen MR) is 149 cm³/mol. The third-order valence-corrected chi connectivity index (χ3v) is 7.68. The lowest BCUT2D eigenvalue weighted by Gasteiger charge is -2.47. The molecule has 1 unspecified atom stereocenters. The number of halogens is 2. The van der Waals surface area contributed by atoms with E-state index in [1.54, 1.807) is 0 Å². The van der Waals surface area contributed by atoms with Gasteiger partial charge in [-0.05, 0) is 61.6 Å². The smallest absolute Gasteiger partial charge is 0.157 e. The van der Waals surface area contributed by atoms with Crippen molar-refractivity contribution >= 4 is 17.3 Å². The van der Waals surface area contributed by atoms with E-state index in [9.17, 15) is 4.39 Å². The molecule has 0 spiro atoms. The monoisotopic (exact) mass is 538 g/mol. The Morgan fingerprint density at radius 3 is 2.53 bits per heavy atom. The average Bonchev–Trinajstić information content (AvgIpc) is 2.94. The van der Waals surface area contributed by atoms with Gasteiger partial charge in [0.2, 0.25) is 0 Å². The Hall–Kier alpha value is -2.64. The van der Waals surface area contributed by atoms with Crippen LogP contribution in [0.25, 0.3) is 0 Å². The van der Waals surface area contributed by atoms with Crippen molar-refractivity contribution in [2.24, 2.45) is 0 Å². The van der Waals surface area contributed by atoms with Crippen LogP contribution in [0.1, 0.15) is 43.4 Å².